The van der Waals surface area contributed by atoms with Gasteiger partial charge in [0.05, 0.1) is 36.3 Å². The summed E-state index contributed by atoms with van der Waals surface area (Å²) in [5, 5.41) is 29.9. The largest absolute Gasteiger partial charge is 0.505 e. The number of rotatable bonds is 3. The Labute approximate surface area is 242 Å². The van der Waals surface area contributed by atoms with Gasteiger partial charge in [0.25, 0.3) is 0 Å². The number of hydrogen-bond acceptors (Lipinski definition) is 7. The van der Waals surface area contributed by atoms with E-state index in [2.05, 4.69) is 63.7 Å². The maximum atomic E-state index is 16.2. The number of carbonyl (C=O) groups excluding carboxylic acids is 1. The minimum absolute atomic E-state index is 0.0504. The molecule has 3 aromatic carbocycles. The van der Waals surface area contributed by atoms with E-state index in [9.17, 15) is 24.2 Å². The van der Waals surface area contributed by atoms with Crippen molar-refractivity contribution in [2.45, 2.75) is 10.5 Å². The Bertz CT molecular complexity index is 1530. The Hall–Kier alpha value is -1.94. The first-order chi connectivity index (χ1) is 17.3. The number of carbonyl (C=O) groups is 2. The van der Waals surface area contributed by atoms with Crippen LogP contribution in [0.25, 0.3) is 0 Å². The Kier molecular flexibility index (Phi) is 6.54. The highest BCUT2D eigenvalue weighted by Gasteiger charge is 2.59. The predicted octanol–water partition coefficient (Wildman–Crippen LogP) is 7.31. The molecule has 0 unspecified atom stereocenters. The average Bonchev–Trinajstić information content (AvgIpc) is 3.15. The fourth-order valence-electron chi connectivity index (χ4n) is 4.19. The zero-order valence-corrected chi connectivity index (χ0v) is 24.6. The molecule has 3 N–H and O–H groups in total. The number of benzene rings is 3. The Morgan fingerprint density at radius 2 is 1.43 bits per heavy atom. The maximum Gasteiger partial charge on any atom is 0.343 e. The molecule has 7 nitrogen and oxygen atoms in total. The number of phenolic OH excluding ortho intramolecular Hbond substituents is 2. The highest BCUT2D eigenvalue weighted by atomic mass is 79.9. The number of halogens is 7. The molecule has 5 rings (SSSR count). The number of hydrogen-bond donors (Lipinski definition) is 3. The quantitative estimate of drug-likeness (QED) is 0.144. The van der Waals surface area contributed by atoms with E-state index >= 15 is 8.78 Å². The van der Waals surface area contributed by atoms with E-state index in [0.29, 0.717) is 0 Å². The van der Waals surface area contributed by atoms with E-state index in [-0.39, 0.29) is 63.8 Å². The van der Waals surface area contributed by atoms with Crippen LogP contribution in [-0.2, 0) is 15.1 Å². The summed E-state index contributed by atoms with van der Waals surface area (Å²) in [5.74, 6) is -9.57. The molecular formula is C22H7Br4F3O7S. The molecule has 0 aliphatic carbocycles. The van der Waals surface area contributed by atoms with Crippen LogP contribution >= 0.6 is 75.5 Å². The normalized spacial score (nSPS) is 14.6. The number of esters is 1. The van der Waals surface area contributed by atoms with E-state index in [0.717, 1.165) is 0 Å². The number of ether oxygens (including phenoxy) is 2. The number of carboxylic acid groups (broad SMARTS) is 1. The zero-order chi connectivity index (χ0) is 27.1. The van der Waals surface area contributed by atoms with Crippen molar-refractivity contribution in [2.24, 2.45) is 0 Å². The Morgan fingerprint density at radius 3 is 1.92 bits per heavy atom. The number of aromatic hydroxyl groups is 2. The number of phenols is 2. The molecule has 192 valence electrons. The lowest BCUT2D eigenvalue weighted by Gasteiger charge is -2.38. The minimum Gasteiger partial charge on any atom is -0.505 e. The smallest absolute Gasteiger partial charge is 0.343 e. The summed E-state index contributed by atoms with van der Waals surface area (Å²) >= 11 is 12.9. The molecule has 0 aromatic heterocycles. The van der Waals surface area contributed by atoms with Gasteiger partial charge in [0, 0.05) is 0 Å². The first-order valence-corrected chi connectivity index (χ1v) is 13.9. The molecule has 0 saturated heterocycles. The van der Waals surface area contributed by atoms with Gasteiger partial charge in [-0.3, -0.25) is 4.79 Å². The summed E-state index contributed by atoms with van der Waals surface area (Å²) in [4.78, 5) is 23.2. The monoisotopic (exact) mass is 788 g/mol. The highest BCUT2D eigenvalue weighted by Crippen LogP contribution is 2.63. The lowest BCUT2D eigenvalue weighted by Crippen LogP contribution is -2.34. The second-order valence-corrected chi connectivity index (χ2v) is 12.0. The van der Waals surface area contributed by atoms with Crippen LogP contribution in [0.2, 0.25) is 0 Å². The molecule has 0 bridgehead atoms. The molecule has 0 radical (unpaired) electrons. The third kappa shape index (κ3) is 3.64. The van der Waals surface area contributed by atoms with Gasteiger partial charge in [0.1, 0.15) is 31.8 Å². The van der Waals surface area contributed by atoms with Crippen molar-refractivity contribution in [3.8, 4) is 23.0 Å². The van der Waals surface area contributed by atoms with Gasteiger partial charge in [0.15, 0.2) is 28.7 Å². The number of carboxylic acids is 1. The molecule has 0 atom stereocenters. The first-order valence-electron chi connectivity index (χ1n) is 9.72. The maximum absolute atomic E-state index is 16.2. The molecule has 0 saturated carbocycles. The van der Waals surface area contributed by atoms with Crippen LogP contribution in [0.3, 0.4) is 0 Å². The molecule has 37 heavy (non-hydrogen) atoms. The van der Waals surface area contributed by atoms with Gasteiger partial charge in [-0.15, -0.1) is 11.8 Å². The van der Waals surface area contributed by atoms with Crippen molar-refractivity contribution < 1.29 is 47.6 Å². The van der Waals surface area contributed by atoms with Crippen molar-refractivity contribution in [2.75, 3.05) is 5.75 Å². The van der Waals surface area contributed by atoms with E-state index in [4.69, 9.17) is 14.6 Å². The topological polar surface area (TPSA) is 113 Å². The van der Waals surface area contributed by atoms with Crippen molar-refractivity contribution >= 4 is 87.4 Å². The van der Waals surface area contributed by atoms with E-state index in [1.807, 2.05) is 0 Å². The van der Waals surface area contributed by atoms with Crippen molar-refractivity contribution in [1.29, 1.82) is 0 Å². The fourth-order valence-corrected chi connectivity index (χ4v) is 7.31. The summed E-state index contributed by atoms with van der Waals surface area (Å²) in [5.41, 5.74) is -4.26. The number of aliphatic carboxylic acids is 1. The minimum atomic E-state index is -2.32. The van der Waals surface area contributed by atoms with Gasteiger partial charge in [-0.25, -0.2) is 18.0 Å². The molecule has 15 heteroatoms. The molecule has 0 fully saturated rings. The Balaban J connectivity index is 1.99. The zero-order valence-electron chi connectivity index (χ0n) is 17.4. The van der Waals surface area contributed by atoms with Crippen LogP contribution in [0, 0.1) is 17.5 Å². The second kappa shape index (κ2) is 9.07. The second-order valence-electron chi connectivity index (χ2n) is 7.67. The lowest BCUT2D eigenvalue weighted by atomic mass is 9.77. The van der Waals surface area contributed by atoms with E-state index in [1.165, 1.54) is 12.1 Å². The van der Waals surface area contributed by atoms with Crippen LogP contribution in [-0.4, -0.2) is 33.0 Å². The molecular weight excluding hydrogens is 785 g/mol. The summed E-state index contributed by atoms with van der Waals surface area (Å²) in [6.45, 7) is 0. The van der Waals surface area contributed by atoms with Gasteiger partial charge >= 0.3 is 11.9 Å². The van der Waals surface area contributed by atoms with E-state index in [1.54, 1.807) is 0 Å². The summed E-state index contributed by atoms with van der Waals surface area (Å²) in [7, 11) is 0. The standard InChI is InChI=1S/C22H7Br4F3O7S/c23-6-1-4-18(11(25)16(6)32)35-19-5(2-7(24)17(33)12(19)26)22(4)10-9(21(34)36-22)13(27)15(29)20(14(10)28)37-3-8(30)31/h1-2,32-33H,3H2,(H,30,31). The first kappa shape index (κ1) is 26.7. The molecule has 2 heterocycles. The van der Waals surface area contributed by atoms with Gasteiger partial charge in [0.2, 0.25) is 0 Å². The molecule has 2 aliphatic rings. The third-order valence-corrected chi connectivity index (χ3v) is 9.40. The van der Waals surface area contributed by atoms with Crippen molar-refractivity contribution in [3.63, 3.8) is 0 Å². The molecule has 0 amide bonds. The molecule has 2 aliphatic heterocycles. The SMILES string of the molecule is O=C(O)CSc1c(F)c(F)c2c(c1F)C1(OC2=O)c2cc(Br)c(O)c(Br)c2Oc2c1cc(Br)c(O)c2Br. The van der Waals surface area contributed by atoms with Crippen molar-refractivity contribution in [3.05, 3.63) is 69.7 Å². The average molecular weight is 792 g/mol. The van der Waals surface area contributed by atoms with Gasteiger partial charge in [-0.05, 0) is 75.9 Å². The van der Waals surface area contributed by atoms with Crippen LogP contribution < -0.4 is 4.74 Å². The number of fused-ring (bicyclic) bond motifs is 6. The number of thioether (sulfide) groups is 1. The van der Waals surface area contributed by atoms with E-state index < -0.39 is 56.8 Å². The van der Waals surface area contributed by atoms with Crippen molar-refractivity contribution in [1.82, 2.24) is 0 Å². The Morgan fingerprint density at radius 1 is 0.919 bits per heavy atom. The lowest BCUT2D eigenvalue weighted by molar-refractivity contribution is -0.133. The molecule has 3 aromatic rings. The summed E-state index contributed by atoms with van der Waals surface area (Å²) in [6.07, 6.45) is 0. The van der Waals surface area contributed by atoms with Crippen LogP contribution in [0.4, 0.5) is 13.2 Å². The third-order valence-electron chi connectivity index (χ3n) is 5.68. The highest BCUT2D eigenvalue weighted by molar-refractivity contribution is 9.11. The summed E-state index contributed by atoms with van der Waals surface area (Å²) < 4.78 is 57.9. The van der Waals surface area contributed by atoms with Crippen LogP contribution in [0.1, 0.15) is 27.0 Å². The fraction of sp³-hybridized carbons (Fsp3) is 0.0909. The van der Waals surface area contributed by atoms with Gasteiger partial charge in [-0.2, -0.15) is 0 Å². The van der Waals surface area contributed by atoms with Crippen LogP contribution in [0.15, 0.2) is 34.9 Å². The predicted molar refractivity (Wildman–Crippen MR) is 137 cm³/mol. The van der Waals surface area contributed by atoms with Gasteiger partial charge < -0.3 is 24.8 Å². The summed E-state index contributed by atoms with van der Waals surface area (Å²) in [6, 6.07) is 2.50. The van der Waals surface area contributed by atoms with Gasteiger partial charge in [-0.1, -0.05) is 0 Å². The van der Waals surface area contributed by atoms with Crippen LogP contribution in [0.5, 0.6) is 23.0 Å². The molecule has 1 spiro atoms.